The third kappa shape index (κ3) is 1.92. The van der Waals surface area contributed by atoms with Crippen LogP contribution >= 0.6 is 11.8 Å². The van der Waals surface area contributed by atoms with Gasteiger partial charge in [0.2, 0.25) is 0 Å². The third-order valence-corrected chi connectivity index (χ3v) is 2.76. The van der Waals surface area contributed by atoms with Crippen LogP contribution in [0, 0.1) is 0 Å². The van der Waals surface area contributed by atoms with Gasteiger partial charge in [-0.3, -0.25) is 0 Å². The molecule has 0 saturated carbocycles. The Kier molecular flexibility index (Phi) is 3.42. The molecule has 0 aliphatic heterocycles. The normalized spacial score (nSPS) is 11.8. The smallest absolute Gasteiger partial charge is 0.0144 e. The molecular formula is C11H14S. The molecule has 0 saturated heterocycles. The van der Waals surface area contributed by atoms with Crippen LogP contribution in [0.5, 0.6) is 0 Å². The third-order valence-electron chi connectivity index (χ3n) is 1.96. The van der Waals surface area contributed by atoms with Crippen molar-refractivity contribution in [1.29, 1.82) is 0 Å². The molecule has 12 heavy (non-hydrogen) atoms. The Bertz CT molecular complexity index is 287. The first-order valence-corrected chi connectivity index (χ1v) is 5.28. The fourth-order valence-corrected chi connectivity index (χ4v) is 1.79. The number of hydrogen-bond donors (Lipinski definition) is 0. The lowest BCUT2D eigenvalue weighted by Crippen LogP contribution is -1.82. The predicted molar refractivity (Wildman–Crippen MR) is 57.5 cm³/mol. The van der Waals surface area contributed by atoms with Crippen molar-refractivity contribution >= 4 is 17.3 Å². The summed E-state index contributed by atoms with van der Waals surface area (Å²) < 4.78 is 0. The predicted octanol–water partition coefficient (Wildman–Crippen LogP) is 3.83. The summed E-state index contributed by atoms with van der Waals surface area (Å²) in [7, 11) is 0. The molecular weight excluding hydrogens is 164 g/mol. The lowest BCUT2D eigenvalue weighted by Gasteiger charge is -2.05. The van der Waals surface area contributed by atoms with E-state index in [1.165, 1.54) is 16.0 Å². The van der Waals surface area contributed by atoms with Gasteiger partial charge in [-0.1, -0.05) is 24.3 Å². The maximum Gasteiger partial charge on any atom is 0.0144 e. The van der Waals surface area contributed by atoms with Crippen molar-refractivity contribution in [1.82, 2.24) is 0 Å². The number of hydrogen-bond acceptors (Lipinski definition) is 1. The number of allylic oxidation sites excluding steroid dienone is 2. The molecule has 1 aromatic carbocycles. The van der Waals surface area contributed by atoms with E-state index in [0.29, 0.717) is 0 Å². The highest BCUT2D eigenvalue weighted by atomic mass is 32.2. The number of rotatable bonds is 2. The molecule has 0 unspecified atom stereocenters. The van der Waals surface area contributed by atoms with Crippen molar-refractivity contribution < 1.29 is 0 Å². The second kappa shape index (κ2) is 4.36. The molecule has 0 amide bonds. The van der Waals surface area contributed by atoms with Gasteiger partial charge in [-0.25, -0.2) is 0 Å². The standard InChI is InChI=1S/C11H14S/c1-4-9(2)10-7-5-6-8-11(10)12-3/h4-8H,1-3H3/b9-4+. The minimum absolute atomic E-state index is 1.35. The van der Waals surface area contributed by atoms with Gasteiger partial charge in [0.05, 0.1) is 0 Å². The van der Waals surface area contributed by atoms with E-state index in [-0.39, 0.29) is 0 Å². The van der Waals surface area contributed by atoms with Gasteiger partial charge in [-0.05, 0) is 37.3 Å². The minimum Gasteiger partial charge on any atom is -0.129 e. The Labute approximate surface area is 78.7 Å². The van der Waals surface area contributed by atoms with Crippen molar-refractivity contribution in [3.8, 4) is 0 Å². The summed E-state index contributed by atoms with van der Waals surface area (Å²) in [6.07, 6.45) is 4.26. The highest BCUT2D eigenvalue weighted by Gasteiger charge is 1.99. The fraction of sp³-hybridized carbons (Fsp3) is 0.273. The van der Waals surface area contributed by atoms with Crippen LogP contribution in [0.25, 0.3) is 5.57 Å². The molecule has 0 atom stereocenters. The van der Waals surface area contributed by atoms with Crippen LogP contribution < -0.4 is 0 Å². The molecule has 0 radical (unpaired) electrons. The quantitative estimate of drug-likeness (QED) is 0.620. The first kappa shape index (κ1) is 9.40. The number of benzene rings is 1. The van der Waals surface area contributed by atoms with E-state index in [1.54, 1.807) is 11.8 Å². The summed E-state index contributed by atoms with van der Waals surface area (Å²) in [5.74, 6) is 0. The Morgan fingerprint density at radius 1 is 1.33 bits per heavy atom. The molecule has 1 rings (SSSR count). The van der Waals surface area contributed by atoms with Gasteiger partial charge in [-0.15, -0.1) is 11.8 Å². The molecule has 1 heteroatoms. The van der Waals surface area contributed by atoms with Crippen LogP contribution in [0.3, 0.4) is 0 Å². The van der Waals surface area contributed by atoms with Crippen LogP contribution in [0.15, 0.2) is 35.2 Å². The molecule has 0 fully saturated rings. The van der Waals surface area contributed by atoms with E-state index >= 15 is 0 Å². The molecule has 0 aliphatic rings. The van der Waals surface area contributed by atoms with Crippen LogP contribution in [-0.2, 0) is 0 Å². The van der Waals surface area contributed by atoms with Gasteiger partial charge >= 0.3 is 0 Å². The number of thioether (sulfide) groups is 1. The lowest BCUT2D eigenvalue weighted by atomic mass is 10.1. The van der Waals surface area contributed by atoms with Gasteiger partial charge in [-0.2, -0.15) is 0 Å². The Balaban J connectivity index is 3.13. The highest BCUT2D eigenvalue weighted by molar-refractivity contribution is 7.98. The van der Waals surface area contributed by atoms with Crippen LogP contribution in [-0.4, -0.2) is 6.26 Å². The monoisotopic (exact) mass is 178 g/mol. The van der Waals surface area contributed by atoms with Crippen molar-refractivity contribution in [2.75, 3.05) is 6.26 Å². The SMILES string of the molecule is C/C=C(\C)c1ccccc1SC. The molecule has 0 nitrogen and oxygen atoms in total. The Morgan fingerprint density at radius 2 is 2.00 bits per heavy atom. The van der Waals surface area contributed by atoms with Crippen molar-refractivity contribution in [2.24, 2.45) is 0 Å². The summed E-state index contributed by atoms with van der Waals surface area (Å²) in [5, 5.41) is 0. The van der Waals surface area contributed by atoms with Crippen LogP contribution in [0.2, 0.25) is 0 Å². The largest absolute Gasteiger partial charge is 0.129 e. The summed E-state index contributed by atoms with van der Waals surface area (Å²) >= 11 is 1.80. The van der Waals surface area contributed by atoms with Crippen LogP contribution in [0.1, 0.15) is 19.4 Å². The zero-order chi connectivity index (χ0) is 8.97. The molecule has 1 aromatic rings. The Morgan fingerprint density at radius 3 is 2.58 bits per heavy atom. The summed E-state index contributed by atoms with van der Waals surface area (Å²) in [4.78, 5) is 1.35. The van der Waals surface area contributed by atoms with Gasteiger partial charge in [0.1, 0.15) is 0 Å². The maximum atomic E-state index is 2.17. The van der Waals surface area contributed by atoms with Gasteiger partial charge in [0.25, 0.3) is 0 Å². The molecule has 0 spiro atoms. The van der Waals surface area contributed by atoms with Crippen molar-refractivity contribution in [3.05, 3.63) is 35.9 Å². The van der Waals surface area contributed by atoms with Crippen molar-refractivity contribution in [2.45, 2.75) is 18.7 Å². The summed E-state index contributed by atoms with van der Waals surface area (Å²) in [6, 6.07) is 8.49. The van der Waals surface area contributed by atoms with Gasteiger partial charge in [0, 0.05) is 4.90 Å². The zero-order valence-electron chi connectivity index (χ0n) is 7.79. The molecule has 0 aliphatic carbocycles. The van der Waals surface area contributed by atoms with Gasteiger partial charge in [0.15, 0.2) is 0 Å². The first-order valence-electron chi connectivity index (χ1n) is 4.06. The molecule has 0 heterocycles. The maximum absolute atomic E-state index is 2.17. The highest BCUT2D eigenvalue weighted by Crippen LogP contribution is 2.25. The molecule has 0 N–H and O–H groups in total. The van der Waals surface area contributed by atoms with Crippen LogP contribution in [0.4, 0.5) is 0 Å². The second-order valence-corrected chi connectivity index (χ2v) is 3.52. The summed E-state index contributed by atoms with van der Waals surface area (Å²) in [6.45, 7) is 4.22. The lowest BCUT2D eigenvalue weighted by molar-refractivity contribution is 1.38. The first-order chi connectivity index (χ1) is 5.79. The van der Waals surface area contributed by atoms with E-state index in [9.17, 15) is 0 Å². The van der Waals surface area contributed by atoms with E-state index in [1.807, 2.05) is 0 Å². The van der Waals surface area contributed by atoms with E-state index in [0.717, 1.165) is 0 Å². The van der Waals surface area contributed by atoms with Gasteiger partial charge < -0.3 is 0 Å². The minimum atomic E-state index is 1.35. The fourth-order valence-electron chi connectivity index (χ4n) is 1.13. The van der Waals surface area contributed by atoms with E-state index in [2.05, 4.69) is 50.4 Å². The average Bonchev–Trinajstić information content (AvgIpc) is 2.16. The van der Waals surface area contributed by atoms with E-state index < -0.39 is 0 Å². The molecule has 0 aromatic heterocycles. The molecule has 64 valence electrons. The average molecular weight is 178 g/mol. The zero-order valence-corrected chi connectivity index (χ0v) is 8.61. The summed E-state index contributed by atoms with van der Waals surface area (Å²) in [5.41, 5.74) is 2.70. The van der Waals surface area contributed by atoms with Crippen molar-refractivity contribution in [3.63, 3.8) is 0 Å². The molecule has 0 bridgehead atoms. The Hall–Kier alpha value is -0.690. The van der Waals surface area contributed by atoms with E-state index in [4.69, 9.17) is 0 Å². The second-order valence-electron chi connectivity index (χ2n) is 2.67. The topological polar surface area (TPSA) is 0 Å².